The Labute approximate surface area is 138 Å². The molecule has 0 aliphatic carbocycles. The second-order valence-corrected chi connectivity index (χ2v) is 5.14. The summed E-state index contributed by atoms with van der Waals surface area (Å²) in [4.78, 5) is 45.5. The molecule has 0 radical (unpaired) electrons. The Morgan fingerprint density at radius 3 is 2.25 bits per heavy atom. The molecule has 0 aliphatic rings. The molecule has 1 aromatic carbocycles. The maximum absolute atomic E-state index is 12.1. The summed E-state index contributed by atoms with van der Waals surface area (Å²) in [6, 6.07) is 6.81. The maximum Gasteiger partial charge on any atom is 0.322 e. The molecule has 9 heteroatoms. The summed E-state index contributed by atoms with van der Waals surface area (Å²) < 4.78 is 0. The van der Waals surface area contributed by atoms with Crippen molar-refractivity contribution in [3.8, 4) is 0 Å². The zero-order valence-corrected chi connectivity index (χ0v) is 12.9. The number of nitrogens with two attached hydrogens (primary N) is 2. The summed E-state index contributed by atoms with van der Waals surface area (Å²) in [5.41, 5.74) is 11.7. The van der Waals surface area contributed by atoms with Crippen LogP contribution in [0.2, 0.25) is 0 Å². The summed E-state index contributed by atoms with van der Waals surface area (Å²) in [6.07, 6.45) is -0.220. The highest BCUT2D eigenvalue weighted by atomic mass is 16.4. The number of rotatable bonds is 9. The molecule has 0 spiro atoms. The zero-order chi connectivity index (χ0) is 18.1. The molecule has 0 unspecified atom stereocenters. The van der Waals surface area contributed by atoms with E-state index in [1.807, 2.05) is 6.07 Å². The standard InChI is InChI=1S/C15H20N4O5/c16-10(6-9-4-2-1-3-5-9)14(23)19-11(7-12(17)20)15(24)18-8-13(21)22/h1-5,10-11H,6-8,16H2,(H2,17,20)(H,18,24)(H,19,23)(H,21,22)/t10-,11-/m0/s1. The predicted octanol–water partition coefficient (Wildman–Crippen LogP) is -1.88. The summed E-state index contributed by atoms with van der Waals surface area (Å²) >= 11 is 0. The van der Waals surface area contributed by atoms with E-state index in [2.05, 4.69) is 10.6 Å². The lowest BCUT2D eigenvalue weighted by Gasteiger charge is -2.19. The predicted molar refractivity (Wildman–Crippen MR) is 84.5 cm³/mol. The molecule has 2 atom stereocenters. The minimum Gasteiger partial charge on any atom is -0.480 e. The Balaban J connectivity index is 2.66. The third-order valence-corrected chi connectivity index (χ3v) is 3.09. The summed E-state index contributed by atoms with van der Waals surface area (Å²) in [6.45, 7) is -0.639. The fraction of sp³-hybridized carbons (Fsp3) is 0.333. The van der Waals surface area contributed by atoms with E-state index in [0.717, 1.165) is 5.56 Å². The van der Waals surface area contributed by atoms with Crippen LogP contribution in [-0.2, 0) is 25.6 Å². The molecule has 0 saturated heterocycles. The molecule has 9 nitrogen and oxygen atoms in total. The number of amides is 3. The van der Waals surface area contributed by atoms with Gasteiger partial charge in [-0.1, -0.05) is 30.3 Å². The summed E-state index contributed by atoms with van der Waals surface area (Å²) in [5.74, 6) is -3.54. The van der Waals surface area contributed by atoms with Crippen molar-refractivity contribution in [3.05, 3.63) is 35.9 Å². The van der Waals surface area contributed by atoms with Crippen LogP contribution in [0.15, 0.2) is 30.3 Å². The Hall–Kier alpha value is -2.94. The van der Waals surface area contributed by atoms with Crippen LogP contribution in [0.4, 0.5) is 0 Å². The van der Waals surface area contributed by atoms with Gasteiger partial charge in [-0.15, -0.1) is 0 Å². The average molecular weight is 336 g/mol. The molecule has 1 rings (SSSR count). The largest absolute Gasteiger partial charge is 0.480 e. The van der Waals surface area contributed by atoms with Crippen LogP contribution in [0.5, 0.6) is 0 Å². The van der Waals surface area contributed by atoms with Gasteiger partial charge in [0.25, 0.3) is 0 Å². The quantitative estimate of drug-likeness (QED) is 0.354. The average Bonchev–Trinajstić information content (AvgIpc) is 2.52. The van der Waals surface area contributed by atoms with Gasteiger partial charge in [-0.2, -0.15) is 0 Å². The molecule has 24 heavy (non-hydrogen) atoms. The maximum atomic E-state index is 12.1. The molecule has 0 saturated carbocycles. The topological polar surface area (TPSA) is 165 Å². The first kappa shape index (κ1) is 19.1. The Bertz CT molecular complexity index is 605. The SMILES string of the molecule is NC(=O)C[C@H](NC(=O)[C@@H](N)Cc1ccccc1)C(=O)NCC(=O)O. The minimum absolute atomic E-state index is 0.243. The molecular weight excluding hydrogens is 316 g/mol. The highest BCUT2D eigenvalue weighted by molar-refractivity contribution is 5.94. The number of carbonyl (C=O) groups excluding carboxylic acids is 3. The number of carboxylic acids is 1. The van der Waals surface area contributed by atoms with Crippen molar-refractivity contribution in [2.45, 2.75) is 24.9 Å². The smallest absolute Gasteiger partial charge is 0.322 e. The number of hydrogen-bond acceptors (Lipinski definition) is 5. The number of primary amides is 1. The van der Waals surface area contributed by atoms with Crippen LogP contribution in [0.1, 0.15) is 12.0 Å². The van der Waals surface area contributed by atoms with Gasteiger partial charge >= 0.3 is 5.97 Å². The molecule has 0 fully saturated rings. The van der Waals surface area contributed by atoms with Crippen LogP contribution in [0.3, 0.4) is 0 Å². The van der Waals surface area contributed by atoms with E-state index >= 15 is 0 Å². The van der Waals surface area contributed by atoms with Crippen molar-refractivity contribution in [1.82, 2.24) is 10.6 Å². The Kier molecular flexibility index (Phi) is 7.37. The van der Waals surface area contributed by atoms with Crippen molar-refractivity contribution >= 4 is 23.7 Å². The lowest BCUT2D eigenvalue weighted by Crippen LogP contribution is -2.53. The molecule has 0 heterocycles. The number of hydrogen-bond donors (Lipinski definition) is 5. The van der Waals surface area contributed by atoms with Crippen molar-refractivity contribution in [3.63, 3.8) is 0 Å². The highest BCUT2D eigenvalue weighted by Crippen LogP contribution is 2.03. The number of nitrogens with one attached hydrogen (secondary N) is 2. The summed E-state index contributed by atoms with van der Waals surface area (Å²) in [5, 5.41) is 12.9. The fourth-order valence-electron chi connectivity index (χ4n) is 1.94. The van der Waals surface area contributed by atoms with Gasteiger partial charge < -0.3 is 27.2 Å². The molecule has 130 valence electrons. The first-order chi connectivity index (χ1) is 11.3. The highest BCUT2D eigenvalue weighted by Gasteiger charge is 2.25. The van der Waals surface area contributed by atoms with Crippen LogP contribution >= 0.6 is 0 Å². The van der Waals surface area contributed by atoms with E-state index < -0.39 is 48.7 Å². The summed E-state index contributed by atoms with van der Waals surface area (Å²) in [7, 11) is 0. The van der Waals surface area contributed by atoms with Crippen LogP contribution in [0, 0.1) is 0 Å². The van der Waals surface area contributed by atoms with Gasteiger partial charge in [-0.3, -0.25) is 19.2 Å². The Morgan fingerprint density at radius 1 is 1.08 bits per heavy atom. The van der Waals surface area contributed by atoms with Crippen LogP contribution in [0.25, 0.3) is 0 Å². The van der Waals surface area contributed by atoms with Gasteiger partial charge in [0.2, 0.25) is 17.7 Å². The van der Waals surface area contributed by atoms with Crippen molar-refractivity contribution in [2.24, 2.45) is 11.5 Å². The fourth-order valence-corrected chi connectivity index (χ4v) is 1.94. The molecule has 0 aromatic heterocycles. The van der Waals surface area contributed by atoms with Crippen LogP contribution < -0.4 is 22.1 Å². The molecule has 0 bridgehead atoms. The van der Waals surface area contributed by atoms with Crippen molar-refractivity contribution in [1.29, 1.82) is 0 Å². The number of carbonyl (C=O) groups is 4. The first-order valence-corrected chi connectivity index (χ1v) is 7.17. The molecule has 0 aliphatic heterocycles. The van der Waals surface area contributed by atoms with Gasteiger partial charge in [-0.25, -0.2) is 0 Å². The van der Waals surface area contributed by atoms with E-state index in [-0.39, 0.29) is 6.42 Å². The van der Waals surface area contributed by atoms with Gasteiger partial charge in [0.1, 0.15) is 12.6 Å². The molecule has 7 N–H and O–H groups in total. The van der Waals surface area contributed by atoms with E-state index in [0.29, 0.717) is 0 Å². The second-order valence-electron chi connectivity index (χ2n) is 5.14. The van der Waals surface area contributed by atoms with Crippen molar-refractivity contribution < 1.29 is 24.3 Å². The molecular formula is C15H20N4O5. The normalized spacial score (nSPS) is 12.7. The number of benzene rings is 1. The third-order valence-electron chi connectivity index (χ3n) is 3.09. The lowest BCUT2D eigenvalue weighted by atomic mass is 10.1. The van der Waals surface area contributed by atoms with Gasteiger partial charge in [0.05, 0.1) is 12.5 Å². The number of carboxylic acid groups (broad SMARTS) is 1. The first-order valence-electron chi connectivity index (χ1n) is 7.17. The number of aliphatic carboxylic acids is 1. The minimum atomic E-state index is -1.28. The second kappa shape index (κ2) is 9.26. The van der Waals surface area contributed by atoms with E-state index in [1.54, 1.807) is 24.3 Å². The van der Waals surface area contributed by atoms with Gasteiger partial charge in [0, 0.05) is 0 Å². The van der Waals surface area contributed by atoms with Gasteiger partial charge in [-0.05, 0) is 12.0 Å². The van der Waals surface area contributed by atoms with Crippen molar-refractivity contribution in [2.75, 3.05) is 6.54 Å². The van der Waals surface area contributed by atoms with Crippen LogP contribution in [-0.4, -0.2) is 47.4 Å². The third kappa shape index (κ3) is 6.88. The lowest BCUT2D eigenvalue weighted by molar-refractivity contribution is -0.138. The van der Waals surface area contributed by atoms with E-state index in [4.69, 9.17) is 16.6 Å². The molecule has 3 amide bonds. The van der Waals surface area contributed by atoms with E-state index in [1.165, 1.54) is 0 Å². The Morgan fingerprint density at radius 2 is 1.71 bits per heavy atom. The monoisotopic (exact) mass is 336 g/mol. The molecule has 1 aromatic rings. The van der Waals surface area contributed by atoms with Gasteiger partial charge in [0.15, 0.2) is 0 Å². The zero-order valence-electron chi connectivity index (χ0n) is 12.9. The van der Waals surface area contributed by atoms with E-state index in [9.17, 15) is 19.2 Å².